The number of methoxy groups -OCH3 is 1. The molecule has 3 aliphatic rings. The SMILES string of the molecule is COC1(CC(=O)N2CC3CCC(C2)N3C(C)C)CCC1.O=C(O)C(=O)O. The number of carboxylic acid groups (broad SMARTS) is 2. The maximum atomic E-state index is 12.6. The standard InChI is InChI=1S/C16H28N2O2.C2H2O4/c1-12(2)18-13-5-6-14(18)11-17(10-13)15(19)9-16(20-3)7-4-8-16;3-1(4)2(5)6/h12-14H,4-11H2,1-3H3;(H,3,4)(H,5,6). The third kappa shape index (κ3) is 4.54. The van der Waals surface area contributed by atoms with Crippen molar-refractivity contribution in [3.05, 3.63) is 0 Å². The summed E-state index contributed by atoms with van der Waals surface area (Å²) < 4.78 is 5.61. The molecule has 8 nitrogen and oxygen atoms in total. The number of nitrogens with zero attached hydrogens (tertiary/aromatic N) is 2. The number of likely N-dealkylation sites (tertiary alicyclic amines) is 1. The zero-order valence-electron chi connectivity index (χ0n) is 15.8. The van der Waals surface area contributed by atoms with Gasteiger partial charge in [-0.05, 0) is 46.0 Å². The molecule has 2 atom stereocenters. The van der Waals surface area contributed by atoms with Crippen molar-refractivity contribution in [2.75, 3.05) is 20.2 Å². The van der Waals surface area contributed by atoms with Crippen molar-refractivity contribution in [2.45, 2.75) is 76.1 Å². The second-order valence-electron chi connectivity index (χ2n) is 7.75. The van der Waals surface area contributed by atoms with E-state index in [1.165, 1.54) is 19.3 Å². The fourth-order valence-corrected chi connectivity index (χ4v) is 4.39. The number of rotatable bonds is 4. The summed E-state index contributed by atoms with van der Waals surface area (Å²) in [7, 11) is 1.76. The summed E-state index contributed by atoms with van der Waals surface area (Å²) in [5, 5.41) is 14.8. The quantitative estimate of drug-likeness (QED) is 0.716. The Bertz CT molecular complexity index is 514. The molecule has 1 saturated carbocycles. The first-order valence-electron chi connectivity index (χ1n) is 9.25. The van der Waals surface area contributed by atoms with Gasteiger partial charge in [0.05, 0.1) is 12.0 Å². The van der Waals surface area contributed by atoms with Crippen molar-refractivity contribution < 1.29 is 29.3 Å². The highest BCUT2D eigenvalue weighted by Gasteiger charge is 2.45. The number of ether oxygens (including phenoxy) is 1. The number of fused-ring (bicyclic) bond motifs is 2. The molecule has 1 aliphatic carbocycles. The Kier molecular flexibility index (Phi) is 6.63. The average Bonchev–Trinajstić information content (AvgIpc) is 2.82. The van der Waals surface area contributed by atoms with Gasteiger partial charge in [0.15, 0.2) is 0 Å². The molecule has 0 aromatic heterocycles. The van der Waals surface area contributed by atoms with Gasteiger partial charge in [0.2, 0.25) is 5.91 Å². The van der Waals surface area contributed by atoms with Crippen molar-refractivity contribution in [1.82, 2.24) is 9.80 Å². The smallest absolute Gasteiger partial charge is 0.414 e. The van der Waals surface area contributed by atoms with Gasteiger partial charge in [0, 0.05) is 38.3 Å². The summed E-state index contributed by atoms with van der Waals surface area (Å²) in [5.74, 6) is -3.34. The minimum absolute atomic E-state index is 0.134. The maximum Gasteiger partial charge on any atom is 0.414 e. The van der Waals surface area contributed by atoms with Crippen LogP contribution in [-0.2, 0) is 19.1 Å². The average molecular weight is 370 g/mol. The van der Waals surface area contributed by atoms with Crippen LogP contribution in [0.1, 0.15) is 52.4 Å². The molecule has 2 saturated heterocycles. The Morgan fingerprint density at radius 3 is 1.88 bits per heavy atom. The van der Waals surface area contributed by atoms with Gasteiger partial charge in [-0.1, -0.05) is 0 Å². The van der Waals surface area contributed by atoms with Crippen LogP contribution in [-0.4, -0.2) is 81.8 Å². The molecule has 2 aliphatic heterocycles. The van der Waals surface area contributed by atoms with Crippen molar-refractivity contribution in [3.63, 3.8) is 0 Å². The molecule has 1 amide bonds. The Morgan fingerprint density at radius 2 is 1.58 bits per heavy atom. The highest BCUT2D eigenvalue weighted by molar-refractivity contribution is 6.27. The number of aliphatic carboxylic acids is 2. The first-order chi connectivity index (χ1) is 12.2. The summed E-state index contributed by atoms with van der Waals surface area (Å²) in [6.07, 6.45) is 6.39. The molecule has 0 aromatic carbocycles. The lowest BCUT2D eigenvalue weighted by molar-refractivity contribution is -0.159. The second-order valence-corrected chi connectivity index (χ2v) is 7.75. The Labute approximate surface area is 154 Å². The van der Waals surface area contributed by atoms with E-state index in [0.717, 1.165) is 25.9 Å². The first-order valence-corrected chi connectivity index (χ1v) is 9.25. The highest BCUT2D eigenvalue weighted by Crippen LogP contribution is 2.39. The van der Waals surface area contributed by atoms with Crippen molar-refractivity contribution in [1.29, 1.82) is 0 Å². The molecular formula is C18H30N2O6. The third-order valence-corrected chi connectivity index (χ3v) is 5.84. The van der Waals surface area contributed by atoms with Crippen molar-refractivity contribution in [2.24, 2.45) is 0 Å². The number of hydrogen-bond acceptors (Lipinski definition) is 5. The number of hydrogen-bond donors (Lipinski definition) is 2. The molecule has 8 heteroatoms. The van der Waals surface area contributed by atoms with Crippen LogP contribution in [0.4, 0.5) is 0 Å². The fourth-order valence-electron chi connectivity index (χ4n) is 4.39. The van der Waals surface area contributed by atoms with E-state index in [1.807, 2.05) is 0 Å². The van der Waals surface area contributed by atoms with Crippen LogP contribution in [0.2, 0.25) is 0 Å². The van der Waals surface area contributed by atoms with E-state index in [-0.39, 0.29) is 5.60 Å². The van der Waals surface area contributed by atoms with Crippen molar-refractivity contribution >= 4 is 17.8 Å². The van der Waals surface area contributed by atoms with E-state index < -0.39 is 11.9 Å². The molecule has 3 fully saturated rings. The summed E-state index contributed by atoms with van der Waals surface area (Å²) in [6.45, 7) is 6.40. The molecular weight excluding hydrogens is 340 g/mol. The van der Waals surface area contributed by atoms with Gasteiger partial charge in [0.25, 0.3) is 0 Å². The van der Waals surface area contributed by atoms with E-state index in [0.29, 0.717) is 30.5 Å². The predicted octanol–water partition coefficient (Wildman–Crippen LogP) is 1.18. The molecule has 148 valence electrons. The van der Waals surface area contributed by atoms with E-state index in [2.05, 4.69) is 23.6 Å². The number of carboxylic acids is 2. The minimum atomic E-state index is -1.82. The number of amides is 1. The van der Waals surface area contributed by atoms with Gasteiger partial charge < -0.3 is 19.8 Å². The van der Waals surface area contributed by atoms with Gasteiger partial charge in [0.1, 0.15) is 0 Å². The maximum absolute atomic E-state index is 12.6. The molecule has 2 unspecified atom stereocenters. The normalized spacial score (nSPS) is 26.7. The lowest BCUT2D eigenvalue weighted by Gasteiger charge is -2.45. The summed E-state index contributed by atoms with van der Waals surface area (Å²) in [5.41, 5.74) is -0.134. The zero-order valence-corrected chi connectivity index (χ0v) is 15.8. The van der Waals surface area contributed by atoms with Crippen LogP contribution < -0.4 is 0 Å². The van der Waals surface area contributed by atoms with Crippen LogP contribution >= 0.6 is 0 Å². The van der Waals surface area contributed by atoms with Crippen LogP contribution in [0, 0.1) is 0 Å². The molecule has 2 N–H and O–H groups in total. The van der Waals surface area contributed by atoms with Crippen LogP contribution in [0.15, 0.2) is 0 Å². The molecule has 0 aromatic rings. The fraction of sp³-hybridized carbons (Fsp3) is 0.833. The van der Waals surface area contributed by atoms with E-state index >= 15 is 0 Å². The van der Waals surface area contributed by atoms with Gasteiger partial charge in [-0.2, -0.15) is 0 Å². The zero-order chi connectivity index (χ0) is 19.5. The minimum Gasteiger partial charge on any atom is -0.473 e. The molecule has 3 rings (SSSR count). The molecule has 2 bridgehead atoms. The van der Waals surface area contributed by atoms with Gasteiger partial charge in [-0.15, -0.1) is 0 Å². The summed E-state index contributed by atoms with van der Waals surface area (Å²) in [6, 6.07) is 1.76. The van der Waals surface area contributed by atoms with E-state index in [4.69, 9.17) is 24.5 Å². The lowest BCUT2D eigenvalue weighted by Crippen LogP contribution is -2.58. The highest BCUT2D eigenvalue weighted by atomic mass is 16.5. The molecule has 0 spiro atoms. The van der Waals surface area contributed by atoms with Gasteiger partial charge in [-0.25, -0.2) is 9.59 Å². The Balaban J connectivity index is 0.000000352. The Morgan fingerprint density at radius 1 is 1.08 bits per heavy atom. The summed E-state index contributed by atoms with van der Waals surface area (Å²) in [4.78, 5) is 35.5. The Hall–Kier alpha value is -1.67. The van der Waals surface area contributed by atoms with Crippen LogP contribution in [0.5, 0.6) is 0 Å². The first kappa shape index (κ1) is 20.6. The molecule has 0 radical (unpaired) electrons. The largest absolute Gasteiger partial charge is 0.473 e. The number of piperazine rings is 1. The predicted molar refractivity (Wildman–Crippen MR) is 93.8 cm³/mol. The van der Waals surface area contributed by atoms with Crippen LogP contribution in [0.25, 0.3) is 0 Å². The number of carbonyl (C=O) groups is 3. The van der Waals surface area contributed by atoms with E-state index in [9.17, 15) is 4.79 Å². The van der Waals surface area contributed by atoms with Crippen molar-refractivity contribution in [3.8, 4) is 0 Å². The van der Waals surface area contributed by atoms with E-state index in [1.54, 1.807) is 7.11 Å². The van der Waals surface area contributed by atoms with Gasteiger partial charge in [-0.3, -0.25) is 9.69 Å². The monoisotopic (exact) mass is 370 g/mol. The van der Waals surface area contributed by atoms with Crippen LogP contribution in [0.3, 0.4) is 0 Å². The molecule has 26 heavy (non-hydrogen) atoms. The second kappa shape index (κ2) is 8.35. The third-order valence-electron chi connectivity index (χ3n) is 5.84. The molecule has 2 heterocycles. The summed E-state index contributed by atoms with van der Waals surface area (Å²) >= 11 is 0. The lowest BCUT2D eigenvalue weighted by atomic mass is 9.77. The number of carbonyl (C=O) groups excluding carboxylic acids is 1. The topological polar surface area (TPSA) is 107 Å². The van der Waals surface area contributed by atoms with Gasteiger partial charge >= 0.3 is 11.9 Å².